The minimum atomic E-state index is -0.738. The van der Waals surface area contributed by atoms with Gasteiger partial charge in [-0.15, -0.1) is 0 Å². The average Bonchev–Trinajstić information content (AvgIpc) is 2.50. The van der Waals surface area contributed by atoms with Gasteiger partial charge in [0.1, 0.15) is 5.82 Å². The molecule has 5 heteroatoms. The third-order valence-corrected chi connectivity index (χ3v) is 4.19. The molecule has 1 amide bonds. The standard InChI is InChI=1S/C17H22FNO3/c1-3-22-16(21)17(9-4-10-19(12-17)13(2)20)11-14-5-7-15(18)8-6-14/h5-8H,3-4,9-12H2,1-2H3/t17-/m0/s1. The molecule has 1 aromatic carbocycles. The molecule has 120 valence electrons. The lowest BCUT2D eigenvalue weighted by molar-refractivity contribution is -0.160. The van der Waals surface area contributed by atoms with Gasteiger partial charge < -0.3 is 9.64 Å². The molecular formula is C17H22FNO3. The number of esters is 1. The lowest BCUT2D eigenvalue weighted by atomic mass is 9.75. The Balaban J connectivity index is 2.26. The third kappa shape index (κ3) is 3.64. The van der Waals surface area contributed by atoms with Gasteiger partial charge in [0.15, 0.2) is 0 Å². The van der Waals surface area contributed by atoms with Gasteiger partial charge in [-0.05, 0) is 43.9 Å². The smallest absolute Gasteiger partial charge is 0.314 e. The quantitative estimate of drug-likeness (QED) is 0.803. The molecule has 1 aliphatic rings. The van der Waals surface area contributed by atoms with Crippen LogP contribution in [0.1, 0.15) is 32.3 Å². The maximum Gasteiger partial charge on any atom is 0.314 e. The van der Waals surface area contributed by atoms with Crippen LogP contribution < -0.4 is 0 Å². The zero-order valence-corrected chi connectivity index (χ0v) is 13.1. The Hall–Kier alpha value is -1.91. The van der Waals surface area contributed by atoms with Crippen molar-refractivity contribution in [2.45, 2.75) is 33.1 Å². The lowest BCUT2D eigenvalue weighted by Gasteiger charge is -2.40. The monoisotopic (exact) mass is 307 g/mol. The van der Waals surface area contributed by atoms with E-state index in [2.05, 4.69) is 0 Å². The number of carbonyl (C=O) groups is 2. The maximum absolute atomic E-state index is 13.1. The zero-order chi connectivity index (χ0) is 16.2. The first-order valence-electron chi connectivity index (χ1n) is 7.64. The van der Waals surface area contributed by atoms with Crippen LogP contribution in [0, 0.1) is 11.2 Å². The van der Waals surface area contributed by atoms with Gasteiger partial charge in [0.2, 0.25) is 5.91 Å². The van der Waals surface area contributed by atoms with Gasteiger partial charge in [-0.3, -0.25) is 9.59 Å². The van der Waals surface area contributed by atoms with Crippen LogP contribution in [-0.2, 0) is 20.7 Å². The van der Waals surface area contributed by atoms with E-state index in [4.69, 9.17) is 4.74 Å². The molecule has 0 radical (unpaired) electrons. The Labute approximate surface area is 130 Å². The summed E-state index contributed by atoms with van der Waals surface area (Å²) in [6, 6.07) is 6.14. The summed E-state index contributed by atoms with van der Waals surface area (Å²) in [7, 11) is 0. The topological polar surface area (TPSA) is 46.6 Å². The van der Waals surface area contributed by atoms with E-state index >= 15 is 0 Å². The molecule has 0 aromatic heterocycles. The van der Waals surface area contributed by atoms with Crippen molar-refractivity contribution >= 4 is 11.9 Å². The fraction of sp³-hybridized carbons (Fsp3) is 0.529. The first-order valence-corrected chi connectivity index (χ1v) is 7.64. The Bertz CT molecular complexity index is 543. The van der Waals surface area contributed by atoms with Gasteiger partial charge in [-0.2, -0.15) is 0 Å². The van der Waals surface area contributed by atoms with Crippen LogP contribution in [0.25, 0.3) is 0 Å². The van der Waals surface area contributed by atoms with Crippen molar-refractivity contribution < 1.29 is 18.7 Å². The van der Waals surface area contributed by atoms with Gasteiger partial charge in [-0.25, -0.2) is 4.39 Å². The number of ether oxygens (including phenoxy) is 1. The number of halogens is 1. The predicted molar refractivity (Wildman–Crippen MR) is 80.7 cm³/mol. The van der Waals surface area contributed by atoms with Crippen molar-refractivity contribution in [1.82, 2.24) is 4.90 Å². The molecule has 4 nitrogen and oxygen atoms in total. The van der Waals surface area contributed by atoms with Crippen molar-refractivity contribution in [2.24, 2.45) is 5.41 Å². The second-order valence-electron chi connectivity index (χ2n) is 5.85. The highest BCUT2D eigenvalue weighted by Crippen LogP contribution is 2.35. The van der Waals surface area contributed by atoms with Crippen LogP contribution in [0.15, 0.2) is 24.3 Å². The fourth-order valence-corrected chi connectivity index (χ4v) is 3.06. The summed E-state index contributed by atoms with van der Waals surface area (Å²) in [4.78, 5) is 25.9. The summed E-state index contributed by atoms with van der Waals surface area (Å²) in [5, 5.41) is 0. The van der Waals surface area contributed by atoms with Crippen LogP contribution >= 0.6 is 0 Å². The predicted octanol–water partition coefficient (Wildman–Crippen LogP) is 2.56. The van der Waals surface area contributed by atoms with E-state index in [-0.39, 0.29) is 17.7 Å². The maximum atomic E-state index is 13.1. The highest BCUT2D eigenvalue weighted by atomic mass is 19.1. The van der Waals surface area contributed by atoms with E-state index in [1.54, 1.807) is 24.0 Å². The first-order chi connectivity index (χ1) is 10.5. The normalized spacial score (nSPS) is 21.5. The number of benzene rings is 1. The number of rotatable bonds is 4. The summed E-state index contributed by atoms with van der Waals surface area (Å²) in [5.41, 5.74) is 0.137. The van der Waals surface area contributed by atoms with Gasteiger partial charge in [0.05, 0.1) is 12.0 Å². The lowest BCUT2D eigenvalue weighted by Crippen LogP contribution is -2.51. The van der Waals surface area contributed by atoms with Gasteiger partial charge in [0.25, 0.3) is 0 Å². The molecule has 1 saturated heterocycles. The first kappa shape index (κ1) is 16.5. The Morgan fingerprint density at radius 1 is 1.32 bits per heavy atom. The van der Waals surface area contributed by atoms with Gasteiger partial charge in [0, 0.05) is 20.0 Å². The molecule has 1 fully saturated rings. The molecular weight excluding hydrogens is 285 g/mol. The van der Waals surface area contributed by atoms with Crippen LogP contribution in [0.4, 0.5) is 4.39 Å². The Kier molecular flexibility index (Phi) is 5.16. The van der Waals surface area contributed by atoms with E-state index in [9.17, 15) is 14.0 Å². The molecule has 2 rings (SSSR count). The zero-order valence-electron chi connectivity index (χ0n) is 13.1. The molecule has 0 saturated carbocycles. The number of piperidine rings is 1. The van der Waals surface area contributed by atoms with Crippen molar-refractivity contribution in [2.75, 3.05) is 19.7 Å². The summed E-state index contributed by atoms with van der Waals surface area (Å²) in [6.07, 6.45) is 1.89. The summed E-state index contributed by atoms with van der Waals surface area (Å²) in [5.74, 6) is -0.610. The summed E-state index contributed by atoms with van der Waals surface area (Å²) >= 11 is 0. The molecule has 0 spiro atoms. The van der Waals surface area contributed by atoms with Crippen molar-refractivity contribution in [3.05, 3.63) is 35.6 Å². The van der Waals surface area contributed by atoms with Crippen LogP contribution in [-0.4, -0.2) is 36.5 Å². The minimum Gasteiger partial charge on any atom is -0.466 e. The second kappa shape index (κ2) is 6.90. The van der Waals surface area contributed by atoms with Crippen LogP contribution in [0.3, 0.4) is 0 Å². The molecule has 1 atom stereocenters. The number of nitrogens with zero attached hydrogens (tertiary/aromatic N) is 1. The molecule has 0 N–H and O–H groups in total. The average molecular weight is 307 g/mol. The number of carbonyl (C=O) groups excluding carboxylic acids is 2. The highest BCUT2D eigenvalue weighted by Gasteiger charge is 2.44. The van der Waals surface area contributed by atoms with E-state index in [0.717, 1.165) is 12.0 Å². The Morgan fingerprint density at radius 3 is 2.59 bits per heavy atom. The van der Waals surface area contributed by atoms with Crippen LogP contribution in [0.2, 0.25) is 0 Å². The summed E-state index contributed by atoms with van der Waals surface area (Å²) in [6.45, 7) is 4.62. The number of hydrogen-bond acceptors (Lipinski definition) is 3. The number of hydrogen-bond donors (Lipinski definition) is 0. The molecule has 1 heterocycles. The molecule has 22 heavy (non-hydrogen) atoms. The summed E-state index contributed by atoms with van der Waals surface area (Å²) < 4.78 is 18.3. The molecule has 1 aliphatic heterocycles. The molecule has 0 bridgehead atoms. The molecule has 0 aliphatic carbocycles. The second-order valence-corrected chi connectivity index (χ2v) is 5.85. The number of likely N-dealkylation sites (tertiary alicyclic amines) is 1. The largest absolute Gasteiger partial charge is 0.466 e. The highest BCUT2D eigenvalue weighted by molar-refractivity contribution is 5.80. The van der Waals surface area contributed by atoms with Gasteiger partial charge >= 0.3 is 5.97 Å². The SMILES string of the molecule is CCOC(=O)[C@]1(Cc2ccc(F)cc2)CCCN(C(C)=O)C1. The Morgan fingerprint density at radius 2 is 2.00 bits per heavy atom. The molecule has 1 aromatic rings. The van der Waals surface area contributed by atoms with E-state index < -0.39 is 5.41 Å². The van der Waals surface area contributed by atoms with E-state index in [0.29, 0.717) is 32.5 Å². The van der Waals surface area contributed by atoms with Gasteiger partial charge in [-0.1, -0.05) is 12.1 Å². The fourth-order valence-electron chi connectivity index (χ4n) is 3.06. The van der Waals surface area contributed by atoms with E-state index in [1.165, 1.54) is 19.1 Å². The van der Waals surface area contributed by atoms with Crippen molar-refractivity contribution in [1.29, 1.82) is 0 Å². The minimum absolute atomic E-state index is 0.0347. The molecule has 0 unspecified atom stereocenters. The van der Waals surface area contributed by atoms with E-state index in [1.807, 2.05) is 0 Å². The van der Waals surface area contributed by atoms with Crippen LogP contribution in [0.5, 0.6) is 0 Å². The number of amides is 1. The van der Waals surface area contributed by atoms with Crippen molar-refractivity contribution in [3.8, 4) is 0 Å². The third-order valence-electron chi connectivity index (χ3n) is 4.19. The van der Waals surface area contributed by atoms with Crippen molar-refractivity contribution in [3.63, 3.8) is 0 Å².